The third-order valence-corrected chi connectivity index (χ3v) is 3.87. The molecule has 0 saturated carbocycles. The summed E-state index contributed by atoms with van der Waals surface area (Å²) >= 11 is 0. The van der Waals surface area contributed by atoms with Crippen molar-refractivity contribution < 1.29 is 18.3 Å². The Hall–Kier alpha value is -2.42. The summed E-state index contributed by atoms with van der Waals surface area (Å²) < 4.78 is 39.7. The first-order valence-electron chi connectivity index (χ1n) is 8.34. The Balaban J connectivity index is 0.00000210. The molecule has 0 aliphatic heterocycles. The van der Waals surface area contributed by atoms with E-state index >= 15 is 0 Å². The van der Waals surface area contributed by atoms with Crippen LogP contribution in [-0.4, -0.2) is 35.0 Å². The minimum Gasteiger partial charge on any atom is -0.492 e. The van der Waals surface area contributed by atoms with Gasteiger partial charge in [0.15, 0.2) is 0 Å². The molecule has 0 radical (unpaired) electrons. The van der Waals surface area contributed by atoms with Gasteiger partial charge >= 0.3 is 0 Å². The number of ether oxygens (including phenoxy) is 2. The van der Waals surface area contributed by atoms with Gasteiger partial charge < -0.3 is 15.2 Å². The maximum absolute atomic E-state index is 13.9. The van der Waals surface area contributed by atoms with Gasteiger partial charge in [0.05, 0.1) is 24.7 Å². The number of nitrogens with two attached hydrogens (primary N) is 1. The molecule has 0 atom stereocenters. The van der Waals surface area contributed by atoms with E-state index in [0.29, 0.717) is 41.7 Å². The average molecular weight is 447 g/mol. The van der Waals surface area contributed by atoms with Crippen LogP contribution in [0, 0.1) is 0 Å². The lowest BCUT2D eigenvalue weighted by Gasteiger charge is -2.09. The highest BCUT2D eigenvalue weighted by molar-refractivity contribution is 5.85. The lowest BCUT2D eigenvalue weighted by atomic mass is 10.1. The first kappa shape index (κ1) is 24.6. The van der Waals surface area contributed by atoms with Crippen LogP contribution in [0.1, 0.15) is 12.6 Å². The van der Waals surface area contributed by atoms with Gasteiger partial charge in [0.2, 0.25) is 5.88 Å². The van der Waals surface area contributed by atoms with Crippen LogP contribution in [0.5, 0.6) is 11.6 Å². The van der Waals surface area contributed by atoms with Crippen LogP contribution in [0.25, 0.3) is 16.9 Å². The van der Waals surface area contributed by atoms with E-state index in [1.54, 1.807) is 36.4 Å². The zero-order chi connectivity index (χ0) is 19.4. The molecule has 0 aliphatic carbocycles. The first-order chi connectivity index (χ1) is 12.9. The van der Waals surface area contributed by atoms with Crippen molar-refractivity contribution >= 4 is 24.8 Å². The van der Waals surface area contributed by atoms with E-state index in [4.69, 9.17) is 15.2 Å². The third kappa shape index (κ3) is 5.79. The topological polar surface area (TPSA) is 75.2 Å². The fraction of sp³-hybridized carbons (Fsp3) is 0.263. The summed E-state index contributed by atoms with van der Waals surface area (Å²) in [6.45, 7) is 1.63. The highest BCUT2D eigenvalue weighted by Crippen LogP contribution is 2.32. The van der Waals surface area contributed by atoms with E-state index in [1.165, 1.54) is 24.1 Å². The van der Waals surface area contributed by atoms with E-state index in [9.17, 15) is 8.78 Å². The molecule has 10 heteroatoms. The lowest BCUT2D eigenvalue weighted by molar-refractivity contribution is 0.0124. The van der Waals surface area contributed by atoms with Gasteiger partial charge in [-0.05, 0) is 36.4 Å². The van der Waals surface area contributed by atoms with Gasteiger partial charge in [-0.2, -0.15) is 13.9 Å². The van der Waals surface area contributed by atoms with E-state index in [2.05, 4.69) is 10.1 Å². The van der Waals surface area contributed by atoms with Gasteiger partial charge in [0.1, 0.15) is 18.1 Å². The summed E-state index contributed by atoms with van der Waals surface area (Å²) in [7, 11) is 1.51. The number of methoxy groups -OCH3 is 1. The van der Waals surface area contributed by atoms with Crippen molar-refractivity contribution in [2.24, 2.45) is 5.73 Å². The molecule has 0 bridgehead atoms. The lowest BCUT2D eigenvalue weighted by Crippen LogP contribution is -2.10. The van der Waals surface area contributed by atoms with Gasteiger partial charge in [-0.15, -0.1) is 24.8 Å². The van der Waals surface area contributed by atoms with Crippen molar-refractivity contribution in [3.8, 4) is 28.6 Å². The van der Waals surface area contributed by atoms with Crippen LogP contribution < -0.4 is 15.2 Å². The largest absolute Gasteiger partial charge is 0.492 e. The Kier molecular flexibility index (Phi) is 8.81. The SMILES string of the molecule is COc1ccc(-n2nc(C(C)(F)F)cc2-c2ccc(OCCN)cc2)cn1.Cl.Cl. The second-order valence-corrected chi connectivity index (χ2v) is 5.94. The average Bonchev–Trinajstić information content (AvgIpc) is 3.13. The van der Waals surface area contributed by atoms with Gasteiger partial charge in [-0.25, -0.2) is 9.67 Å². The number of nitrogens with zero attached hydrogens (tertiary/aromatic N) is 3. The van der Waals surface area contributed by atoms with Gasteiger partial charge in [-0.3, -0.25) is 0 Å². The summed E-state index contributed by atoms with van der Waals surface area (Å²) in [5.74, 6) is -1.98. The Labute approximate surface area is 179 Å². The van der Waals surface area contributed by atoms with Gasteiger partial charge in [0, 0.05) is 25.1 Å². The molecule has 29 heavy (non-hydrogen) atoms. The van der Waals surface area contributed by atoms with Crippen molar-refractivity contribution in [1.29, 1.82) is 0 Å². The molecule has 0 unspecified atom stereocenters. The number of halogens is 4. The zero-order valence-electron chi connectivity index (χ0n) is 15.8. The Morgan fingerprint density at radius 1 is 1.10 bits per heavy atom. The number of hydrogen-bond donors (Lipinski definition) is 1. The van der Waals surface area contributed by atoms with E-state index in [0.717, 1.165) is 6.92 Å². The number of rotatable bonds is 7. The van der Waals surface area contributed by atoms with Crippen molar-refractivity contribution in [3.05, 3.63) is 54.4 Å². The molecule has 2 heterocycles. The minimum atomic E-state index is -3.07. The van der Waals surface area contributed by atoms with Gasteiger partial charge in [-0.1, -0.05) is 0 Å². The van der Waals surface area contributed by atoms with Crippen LogP contribution in [0.4, 0.5) is 8.78 Å². The maximum Gasteiger partial charge on any atom is 0.288 e. The fourth-order valence-electron chi connectivity index (χ4n) is 2.52. The zero-order valence-corrected chi connectivity index (χ0v) is 17.5. The highest BCUT2D eigenvalue weighted by Gasteiger charge is 2.29. The second kappa shape index (κ2) is 10.4. The standard InChI is InChI=1S/C19H20F2N4O2.2ClH/c1-19(20,21)17-11-16(13-3-6-15(7-4-13)27-10-9-22)25(24-17)14-5-8-18(26-2)23-12-14;;/h3-8,11-12H,9-10,22H2,1-2H3;2*1H. The second-order valence-electron chi connectivity index (χ2n) is 5.94. The van der Waals surface area contributed by atoms with E-state index in [-0.39, 0.29) is 30.5 Å². The van der Waals surface area contributed by atoms with Crippen LogP contribution in [0.2, 0.25) is 0 Å². The quantitative estimate of drug-likeness (QED) is 0.587. The molecule has 0 spiro atoms. The molecule has 0 saturated heterocycles. The van der Waals surface area contributed by atoms with E-state index in [1.807, 2.05) is 0 Å². The van der Waals surface area contributed by atoms with Crippen LogP contribution in [0.3, 0.4) is 0 Å². The Morgan fingerprint density at radius 2 is 1.79 bits per heavy atom. The monoisotopic (exact) mass is 446 g/mol. The fourth-order valence-corrected chi connectivity index (χ4v) is 2.52. The van der Waals surface area contributed by atoms with Gasteiger partial charge in [0.25, 0.3) is 5.92 Å². The molecule has 0 aliphatic rings. The normalized spacial score (nSPS) is 10.7. The molecule has 158 valence electrons. The molecule has 2 aromatic heterocycles. The maximum atomic E-state index is 13.9. The van der Waals surface area contributed by atoms with Crippen molar-refractivity contribution in [2.45, 2.75) is 12.8 Å². The van der Waals surface area contributed by atoms with Crippen molar-refractivity contribution in [3.63, 3.8) is 0 Å². The molecule has 2 N–H and O–H groups in total. The molecule has 3 aromatic rings. The van der Waals surface area contributed by atoms with Crippen molar-refractivity contribution in [1.82, 2.24) is 14.8 Å². The summed E-state index contributed by atoms with van der Waals surface area (Å²) in [6, 6.07) is 11.8. The molecule has 0 amide bonds. The number of pyridine rings is 1. The minimum absolute atomic E-state index is 0. The summed E-state index contributed by atoms with van der Waals surface area (Å²) in [4.78, 5) is 4.13. The first-order valence-corrected chi connectivity index (χ1v) is 8.34. The Bertz CT molecular complexity index is 898. The third-order valence-electron chi connectivity index (χ3n) is 3.87. The molecule has 6 nitrogen and oxygen atoms in total. The molecule has 1 aromatic carbocycles. The number of alkyl halides is 2. The number of aromatic nitrogens is 3. The highest BCUT2D eigenvalue weighted by atomic mass is 35.5. The molecular weight excluding hydrogens is 425 g/mol. The Morgan fingerprint density at radius 3 is 2.31 bits per heavy atom. The predicted molar refractivity (Wildman–Crippen MR) is 112 cm³/mol. The van der Waals surface area contributed by atoms with Crippen LogP contribution in [0.15, 0.2) is 48.7 Å². The van der Waals surface area contributed by atoms with Crippen molar-refractivity contribution in [2.75, 3.05) is 20.3 Å². The summed E-state index contributed by atoms with van der Waals surface area (Å²) in [5.41, 5.74) is 6.88. The summed E-state index contributed by atoms with van der Waals surface area (Å²) in [6.07, 6.45) is 1.52. The van der Waals surface area contributed by atoms with E-state index < -0.39 is 5.92 Å². The molecule has 0 fully saturated rings. The van der Waals surface area contributed by atoms with Crippen LogP contribution >= 0.6 is 24.8 Å². The van der Waals surface area contributed by atoms with Crippen LogP contribution in [-0.2, 0) is 5.92 Å². The number of hydrogen-bond acceptors (Lipinski definition) is 5. The predicted octanol–water partition coefficient (Wildman–Crippen LogP) is 4.24. The molecule has 3 rings (SSSR count). The summed E-state index contributed by atoms with van der Waals surface area (Å²) in [5, 5.41) is 4.09. The molecular formula is C19H22Cl2F2N4O2. The smallest absolute Gasteiger partial charge is 0.288 e. The number of benzene rings is 1.